The van der Waals surface area contributed by atoms with E-state index in [9.17, 15) is 13.2 Å². The molecule has 0 unspecified atom stereocenters. The van der Waals surface area contributed by atoms with E-state index in [4.69, 9.17) is 10.00 Å². The average Bonchev–Trinajstić information content (AvgIpc) is 2.14. The van der Waals surface area contributed by atoms with Gasteiger partial charge in [0.25, 0.3) is 0 Å². The van der Waals surface area contributed by atoms with Crippen molar-refractivity contribution in [2.45, 2.75) is 6.36 Å². The number of aromatic nitrogens is 1. The Morgan fingerprint density at radius 1 is 1.50 bits per heavy atom. The number of halogens is 4. The smallest absolute Gasteiger partial charge is 0.493 e. The first-order chi connectivity index (χ1) is 7.37. The minimum absolute atomic E-state index is 0.0528. The Bertz CT molecular complexity index is 442. The molecule has 0 aliphatic heterocycles. The second-order valence-electron chi connectivity index (χ2n) is 2.48. The Hall–Kier alpha value is -1.49. The van der Waals surface area contributed by atoms with Gasteiger partial charge in [-0.3, -0.25) is 0 Å². The van der Waals surface area contributed by atoms with Gasteiger partial charge in [-0.15, -0.1) is 13.2 Å². The van der Waals surface area contributed by atoms with E-state index in [1.807, 2.05) is 0 Å². The summed E-state index contributed by atoms with van der Waals surface area (Å²) < 4.78 is 44.2. The third kappa shape index (κ3) is 3.00. The van der Waals surface area contributed by atoms with Crippen LogP contribution in [0.1, 0.15) is 5.69 Å². The number of pyridine rings is 1. The first-order valence-electron chi connectivity index (χ1n) is 3.77. The fraction of sp³-hybridized carbons (Fsp3) is 0.250. The van der Waals surface area contributed by atoms with Gasteiger partial charge in [-0.25, -0.2) is 0 Å². The van der Waals surface area contributed by atoms with Crippen LogP contribution in [0, 0.1) is 11.3 Å². The van der Waals surface area contributed by atoms with Gasteiger partial charge >= 0.3 is 6.36 Å². The topological polar surface area (TPSA) is 55.1 Å². The van der Waals surface area contributed by atoms with Crippen molar-refractivity contribution < 1.29 is 22.6 Å². The maximum atomic E-state index is 11.9. The molecule has 0 aromatic carbocycles. The molecule has 86 valence electrons. The van der Waals surface area contributed by atoms with Gasteiger partial charge in [0, 0.05) is 6.07 Å². The molecule has 0 spiro atoms. The number of hydrogen-bond donors (Lipinski definition) is 0. The number of ether oxygens (including phenoxy) is 2. The van der Waals surface area contributed by atoms with E-state index in [-0.39, 0.29) is 15.9 Å². The summed E-state index contributed by atoms with van der Waals surface area (Å²) in [5.41, 5.74) is -0.295. The van der Waals surface area contributed by atoms with Crippen LogP contribution in [-0.4, -0.2) is 18.5 Å². The van der Waals surface area contributed by atoms with Crippen LogP contribution < -0.4 is 9.47 Å². The van der Waals surface area contributed by atoms with Crippen molar-refractivity contribution in [2.24, 2.45) is 0 Å². The van der Waals surface area contributed by atoms with Crippen molar-refractivity contribution >= 4 is 15.9 Å². The summed E-state index contributed by atoms with van der Waals surface area (Å²) in [4.78, 5) is 3.35. The summed E-state index contributed by atoms with van der Waals surface area (Å²) in [5, 5.41) is 8.65. The highest BCUT2D eigenvalue weighted by Gasteiger charge is 2.32. The molecular weight excluding hydrogens is 293 g/mol. The molecule has 0 aliphatic rings. The number of hydrogen-bond acceptors (Lipinski definition) is 4. The summed E-state index contributed by atoms with van der Waals surface area (Å²) in [6.07, 6.45) is -4.85. The zero-order valence-electron chi connectivity index (χ0n) is 7.80. The van der Waals surface area contributed by atoms with E-state index in [0.717, 1.165) is 6.07 Å². The van der Waals surface area contributed by atoms with Gasteiger partial charge < -0.3 is 9.47 Å². The number of nitriles is 1. The molecule has 0 fully saturated rings. The first-order valence-corrected chi connectivity index (χ1v) is 4.57. The lowest BCUT2D eigenvalue weighted by Gasteiger charge is -2.10. The van der Waals surface area contributed by atoms with Crippen molar-refractivity contribution in [2.75, 3.05) is 7.11 Å². The third-order valence-corrected chi connectivity index (χ3v) is 2.02. The minimum atomic E-state index is -4.85. The van der Waals surface area contributed by atoms with Crippen molar-refractivity contribution in [3.05, 3.63) is 16.2 Å². The second kappa shape index (κ2) is 4.57. The number of alkyl halides is 3. The lowest BCUT2D eigenvalue weighted by Crippen LogP contribution is -2.18. The van der Waals surface area contributed by atoms with E-state index in [0.29, 0.717) is 0 Å². The van der Waals surface area contributed by atoms with E-state index in [2.05, 4.69) is 25.7 Å². The minimum Gasteiger partial charge on any atom is -0.493 e. The second-order valence-corrected chi connectivity index (χ2v) is 3.34. The highest BCUT2D eigenvalue weighted by Crippen LogP contribution is 2.32. The highest BCUT2D eigenvalue weighted by molar-refractivity contribution is 9.10. The number of nitrogens with zero attached hydrogens (tertiary/aromatic N) is 2. The molecule has 0 saturated heterocycles. The first kappa shape index (κ1) is 12.6. The molecule has 1 heterocycles. The Morgan fingerprint density at radius 3 is 2.56 bits per heavy atom. The van der Waals surface area contributed by atoms with Gasteiger partial charge in [0.1, 0.15) is 6.07 Å². The third-order valence-electron chi connectivity index (χ3n) is 1.43. The molecule has 8 heteroatoms. The van der Waals surface area contributed by atoms with E-state index in [1.165, 1.54) is 7.11 Å². The molecule has 16 heavy (non-hydrogen) atoms. The molecule has 0 amide bonds. The van der Waals surface area contributed by atoms with Gasteiger partial charge in [-0.1, -0.05) is 0 Å². The fourth-order valence-electron chi connectivity index (χ4n) is 0.921. The van der Waals surface area contributed by atoms with E-state index < -0.39 is 12.2 Å². The molecule has 1 rings (SSSR count). The maximum absolute atomic E-state index is 11.9. The average molecular weight is 297 g/mol. The van der Waals surface area contributed by atoms with Gasteiger partial charge in [-0.2, -0.15) is 10.2 Å². The number of methoxy groups -OCH3 is 1. The van der Waals surface area contributed by atoms with Crippen LogP contribution >= 0.6 is 15.9 Å². The predicted octanol–water partition coefficient (Wildman–Crippen LogP) is 2.62. The highest BCUT2D eigenvalue weighted by atomic mass is 79.9. The van der Waals surface area contributed by atoms with Crippen molar-refractivity contribution in [1.29, 1.82) is 5.26 Å². The van der Waals surface area contributed by atoms with Crippen LogP contribution in [0.3, 0.4) is 0 Å². The molecular formula is C8H4BrF3N2O2. The van der Waals surface area contributed by atoms with Crippen LogP contribution in [0.5, 0.6) is 11.6 Å². The summed E-state index contributed by atoms with van der Waals surface area (Å²) in [7, 11) is 1.27. The molecule has 4 nitrogen and oxygen atoms in total. The van der Waals surface area contributed by atoms with Gasteiger partial charge in [0.05, 0.1) is 11.6 Å². The van der Waals surface area contributed by atoms with Gasteiger partial charge in [0.2, 0.25) is 5.88 Å². The summed E-state index contributed by atoms with van der Waals surface area (Å²) >= 11 is 2.94. The molecule has 0 atom stereocenters. The largest absolute Gasteiger partial charge is 0.574 e. The summed E-state index contributed by atoms with van der Waals surface area (Å²) in [6, 6.07) is 2.57. The summed E-state index contributed by atoms with van der Waals surface area (Å²) in [6.45, 7) is 0. The number of rotatable bonds is 2. The van der Waals surface area contributed by atoms with Crippen LogP contribution in [0.4, 0.5) is 13.2 Å². The fourth-order valence-corrected chi connectivity index (χ4v) is 1.47. The van der Waals surface area contributed by atoms with Crippen LogP contribution in [0.25, 0.3) is 0 Å². The van der Waals surface area contributed by atoms with Crippen molar-refractivity contribution in [3.63, 3.8) is 0 Å². The predicted molar refractivity (Wildman–Crippen MR) is 49.9 cm³/mol. The van der Waals surface area contributed by atoms with Crippen LogP contribution in [0.2, 0.25) is 0 Å². The SMILES string of the molecule is COc1c(Br)cc(OC(F)(F)F)nc1C#N. The Balaban J connectivity index is 3.17. The van der Waals surface area contributed by atoms with Crippen LogP contribution in [0.15, 0.2) is 10.5 Å². The molecule has 1 aromatic heterocycles. The monoisotopic (exact) mass is 296 g/mol. The Morgan fingerprint density at radius 2 is 2.12 bits per heavy atom. The quantitative estimate of drug-likeness (QED) is 0.842. The maximum Gasteiger partial charge on any atom is 0.574 e. The lowest BCUT2D eigenvalue weighted by atomic mass is 10.3. The normalized spacial score (nSPS) is 10.8. The van der Waals surface area contributed by atoms with Gasteiger partial charge in [0.15, 0.2) is 11.4 Å². The zero-order chi connectivity index (χ0) is 12.3. The van der Waals surface area contributed by atoms with E-state index in [1.54, 1.807) is 6.07 Å². The molecule has 0 radical (unpaired) electrons. The molecule has 0 N–H and O–H groups in total. The Kier molecular flexibility index (Phi) is 3.59. The summed E-state index contributed by atoms with van der Waals surface area (Å²) in [5.74, 6) is -0.672. The standard InChI is InChI=1S/C8H4BrF3N2O2/c1-15-7-4(9)2-6(14-5(7)3-13)16-8(10,11)12/h2H,1H3. The van der Waals surface area contributed by atoms with E-state index >= 15 is 0 Å². The van der Waals surface area contributed by atoms with Crippen molar-refractivity contribution in [1.82, 2.24) is 4.98 Å². The molecule has 0 bridgehead atoms. The Labute approximate surface area is 96.7 Å². The zero-order valence-corrected chi connectivity index (χ0v) is 9.39. The molecule has 0 aliphatic carbocycles. The van der Waals surface area contributed by atoms with Crippen LogP contribution in [-0.2, 0) is 0 Å². The lowest BCUT2D eigenvalue weighted by molar-refractivity contribution is -0.276. The van der Waals surface area contributed by atoms with Gasteiger partial charge in [-0.05, 0) is 15.9 Å². The molecule has 1 aromatic rings. The van der Waals surface area contributed by atoms with Crippen molar-refractivity contribution in [3.8, 4) is 17.7 Å². The molecule has 0 saturated carbocycles.